The average Bonchev–Trinajstić information content (AvgIpc) is 3.35. The number of hydrogen-bond acceptors (Lipinski definition) is 4. The highest BCUT2D eigenvalue weighted by Crippen LogP contribution is 2.43. The Morgan fingerprint density at radius 1 is 1.11 bits per heavy atom. The lowest BCUT2D eigenvalue weighted by Gasteiger charge is -2.34. The number of aliphatic hydroxyl groups is 1. The summed E-state index contributed by atoms with van der Waals surface area (Å²) in [6, 6.07) is 10.3. The lowest BCUT2D eigenvalue weighted by atomic mass is 9.92. The Morgan fingerprint density at radius 2 is 1.82 bits per heavy atom. The molecular formula is C23H25NO4. The summed E-state index contributed by atoms with van der Waals surface area (Å²) < 4.78 is 5.60. The van der Waals surface area contributed by atoms with Crippen molar-refractivity contribution in [2.75, 3.05) is 0 Å². The zero-order valence-corrected chi connectivity index (χ0v) is 16.1. The SMILES string of the molecule is CCc1ccc(/C(O)=C2/C(=O)C(=O)N(C3CCCCC3)C2c2ccco2)cc1. The summed E-state index contributed by atoms with van der Waals surface area (Å²) in [5, 5.41) is 11.0. The van der Waals surface area contributed by atoms with Gasteiger partial charge >= 0.3 is 0 Å². The molecule has 1 unspecified atom stereocenters. The molecule has 2 aromatic rings. The average molecular weight is 379 g/mol. The zero-order valence-electron chi connectivity index (χ0n) is 16.1. The first-order valence-corrected chi connectivity index (χ1v) is 10.0. The molecule has 1 aromatic carbocycles. The number of nitrogens with zero attached hydrogens (tertiary/aromatic N) is 1. The fraction of sp³-hybridized carbons (Fsp3) is 0.391. The Labute approximate surface area is 164 Å². The van der Waals surface area contributed by atoms with Crippen LogP contribution in [0, 0.1) is 0 Å². The van der Waals surface area contributed by atoms with Gasteiger partial charge in [-0.2, -0.15) is 0 Å². The standard InChI is InChI=1S/C23H25NO4/c1-2-15-10-12-16(13-11-15)21(25)19-20(18-9-6-14-28-18)24(23(27)22(19)26)17-7-4-3-5-8-17/h6,9-14,17,20,25H,2-5,7-8H2,1H3/b21-19-. The molecule has 4 rings (SSSR count). The van der Waals surface area contributed by atoms with E-state index in [1.807, 2.05) is 12.1 Å². The lowest BCUT2D eigenvalue weighted by molar-refractivity contribution is -0.142. The van der Waals surface area contributed by atoms with Crippen molar-refractivity contribution in [3.05, 3.63) is 65.1 Å². The maximum absolute atomic E-state index is 13.0. The van der Waals surface area contributed by atoms with Crippen LogP contribution in [0.1, 0.15) is 62.0 Å². The minimum atomic E-state index is -0.677. The van der Waals surface area contributed by atoms with Crippen molar-refractivity contribution in [1.29, 1.82) is 0 Å². The van der Waals surface area contributed by atoms with Crippen LogP contribution in [0.15, 0.2) is 52.7 Å². The molecule has 1 saturated heterocycles. The van der Waals surface area contributed by atoms with E-state index in [1.54, 1.807) is 29.2 Å². The van der Waals surface area contributed by atoms with E-state index in [9.17, 15) is 14.7 Å². The maximum Gasteiger partial charge on any atom is 0.296 e. The summed E-state index contributed by atoms with van der Waals surface area (Å²) in [7, 11) is 0. The van der Waals surface area contributed by atoms with Crippen LogP contribution in [0.25, 0.3) is 5.76 Å². The number of furan rings is 1. The number of ketones is 1. The first-order valence-electron chi connectivity index (χ1n) is 10.0. The van der Waals surface area contributed by atoms with Crippen LogP contribution in [0.3, 0.4) is 0 Å². The molecule has 5 heteroatoms. The highest BCUT2D eigenvalue weighted by Gasteiger charge is 2.50. The van der Waals surface area contributed by atoms with Gasteiger partial charge in [0.15, 0.2) is 0 Å². The van der Waals surface area contributed by atoms with E-state index in [2.05, 4.69) is 6.92 Å². The molecule has 1 atom stereocenters. The Balaban J connectivity index is 1.81. The largest absolute Gasteiger partial charge is 0.507 e. The number of hydrogen-bond donors (Lipinski definition) is 1. The van der Waals surface area contributed by atoms with Gasteiger partial charge in [-0.1, -0.05) is 50.5 Å². The number of carbonyl (C=O) groups is 2. The van der Waals surface area contributed by atoms with Crippen molar-refractivity contribution in [2.24, 2.45) is 0 Å². The zero-order chi connectivity index (χ0) is 19.7. The van der Waals surface area contributed by atoms with Crippen LogP contribution < -0.4 is 0 Å². The molecule has 2 heterocycles. The van der Waals surface area contributed by atoms with E-state index in [1.165, 1.54) is 6.26 Å². The number of likely N-dealkylation sites (tertiary alicyclic amines) is 1. The van der Waals surface area contributed by atoms with Gasteiger partial charge in [0.2, 0.25) is 0 Å². The Kier molecular flexibility index (Phi) is 5.07. The molecule has 0 spiro atoms. The number of aliphatic hydroxyl groups excluding tert-OH is 1. The van der Waals surface area contributed by atoms with Crippen LogP contribution >= 0.6 is 0 Å². The molecule has 146 valence electrons. The molecule has 1 N–H and O–H groups in total. The third-order valence-electron chi connectivity index (χ3n) is 5.90. The van der Waals surface area contributed by atoms with Crippen molar-refractivity contribution < 1.29 is 19.1 Å². The van der Waals surface area contributed by atoms with Crippen molar-refractivity contribution in [1.82, 2.24) is 4.90 Å². The molecule has 1 aliphatic carbocycles. The second kappa shape index (κ2) is 7.66. The quantitative estimate of drug-likeness (QED) is 0.479. The molecule has 0 bridgehead atoms. The van der Waals surface area contributed by atoms with Gasteiger partial charge in [-0.3, -0.25) is 9.59 Å². The van der Waals surface area contributed by atoms with E-state index in [4.69, 9.17) is 4.42 Å². The summed E-state index contributed by atoms with van der Waals surface area (Å²) in [5.41, 5.74) is 1.80. The molecule has 2 fully saturated rings. The normalized spacial score (nSPS) is 22.8. The van der Waals surface area contributed by atoms with Gasteiger partial charge < -0.3 is 14.4 Å². The van der Waals surface area contributed by atoms with E-state index in [0.29, 0.717) is 11.3 Å². The van der Waals surface area contributed by atoms with Crippen LogP contribution in [-0.4, -0.2) is 27.7 Å². The Hall–Kier alpha value is -2.82. The molecular weight excluding hydrogens is 354 g/mol. The number of benzene rings is 1. The molecule has 1 aromatic heterocycles. The van der Waals surface area contributed by atoms with E-state index >= 15 is 0 Å². The summed E-state index contributed by atoms with van der Waals surface area (Å²) in [6.45, 7) is 2.06. The van der Waals surface area contributed by atoms with E-state index in [-0.39, 0.29) is 17.4 Å². The fourth-order valence-corrected chi connectivity index (χ4v) is 4.37. The van der Waals surface area contributed by atoms with Gasteiger partial charge in [0.25, 0.3) is 11.7 Å². The van der Waals surface area contributed by atoms with Crippen molar-refractivity contribution in [2.45, 2.75) is 57.5 Å². The first-order chi connectivity index (χ1) is 13.6. The fourth-order valence-electron chi connectivity index (χ4n) is 4.37. The van der Waals surface area contributed by atoms with Gasteiger partial charge in [0.05, 0.1) is 11.8 Å². The minimum Gasteiger partial charge on any atom is -0.507 e. The Morgan fingerprint density at radius 3 is 2.43 bits per heavy atom. The lowest BCUT2D eigenvalue weighted by Crippen LogP contribution is -2.40. The molecule has 1 aliphatic heterocycles. The third kappa shape index (κ3) is 3.15. The summed E-state index contributed by atoms with van der Waals surface area (Å²) in [4.78, 5) is 27.5. The van der Waals surface area contributed by atoms with Gasteiger partial charge in [0, 0.05) is 11.6 Å². The molecule has 28 heavy (non-hydrogen) atoms. The van der Waals surface area contributed by atoms with Crippen LogP contribution in [0.5, 0.6) is 0 Å². The number of aryl methyl sites for hydroxylation is 1. The number of carbonyl (C=O) groups excluding carboxylic acids is 2. The number of rotatable bonds is 4. The van der Waals surface area contributed by atoms with Gasteiger partial charge in [-0.25, -0.2) is 0 Å². The molecule has 2 aliphatic rings. The van der Waals surface area contributed by atoms with Crippen LogP contribution in [0.4, 0.5) is 0 Å². The highest BCUT2D eigenvalue weighted by molar-refractivity contribution is 6.46. The summed E-state index contributed by atoms with van der Waals surface area (Å²) >= 11 is 0. The van der Waals surface area contributed by atoms with Crippen molar-refractivity contribution in [3.63, 3.8) is 0 Å². The monoisotopic (exact) mass is 379 g/mol. The van der Waals surface area contributed by atoms with Crippen molar-refractivity contribution in [3.8, 4) is 0 Å². The topological polar surface area (TPSA) is 70.8 Å². The van der Waals surface area contributed by atoms with Gasteiger partial charge in [-0.15, -0.1) is 0 Å². The molecule has 5 nitrogen and oxygen atoms in total. The van der Waals surface area contributed by atoms with Gasteiger partial charge in [0.1, 0.15) is 17.6 Å². The number of amides is 1. The second-order valence-electron chi connectivity index (χ2n) is 7.56. The highest BCUT2D eigenvalue weighted by atomic mass is 16.3. The smallest absolute Gasteiger partial charge is 0.296 e. The second-order valence-corrected chi connectivity index (χ2v) is 7.56. The first kappa shape index (κ1) is 18.5. The third-order valence-corrected chi connectivity index (χ3v) is 5.90. The number of Topliss-reactive ketones (excluding diaryl/α,β-unsaturated/α-hetero) is 1. The molecule has 0 radical (unpaired) electrons. The predicted molar refractivity (Wildman–Crippen MR) is 106 cm³/mol. The van der Waals surface area contributed by atoms with Crippen LogP contribution in [0.2, 0.25) is 0 Å². The summed E-state index contributed by atoms with van der Waals surface area (Å²) in [6.07, 6.45) is 7.39. The maximum atomic E-state index is 13.0. The van der Waals surface area contributed by atoms with Crippen molar-refractivity contribution >= 4 is 17.4 Å². The molecule has 1 amide bonds. The Bertz CT molecular complexity index is 889. The minimum absolute atomic E-state index is 0.00642. The van der Waals surface area contributed by atoms with Crippen LogP contribution in [-0.2, 0) is 16.0 Å². The predicted octanol–water partition coefficient (Wildman–Crippen LogP) is 4.60. The van der Waals surface area contributed by atoms with E-state index in [0.717, 1.165) is 44.1 Å². The van der Waals surface area contributed by atoms with E-state index < -0.39 is 17.7 Å². The summed E-state index contributed by atoms with van der Waals surface area (Å²) in [5.74, 6) is -0.804. The molecule has 1 saturated carbocycles. The van der Waals surface area contributed by atoms with Gasteiger partial charge in [-0.05, 0) is 37.0 Å².